The summed E-state index contributed by atoms with van der Waals surface area (Å²) in [4.78, 5) is 12.1. The molecule has 3 rings (SSSR count). The summed E-state index contributed by atoms with van der Waals surface area (Å²) in [5.41, 5.74) is 3.75. The first-order chi connectivity index (χ1) is 12.6. The highest BCUT2D eigenvalue weighted by molar-refractivity contribution is 7.99. The summed E-state index contributed by atoms with van der Waals surface area (Å²) in [6, 6.07) is 19.2. The third-order valence-electron chi connectivity index (χ3n) is 3.69. The van der Waals surface area contributed by atoms with Gasteiger partial charge in [-0.1, -0.05) is 47.7 Å². The number of hydrogen-bond donors (Lipinski definition) is 1. The van der Waals surface area contributed by atoms with E-state index in [0.29, 0.717) is 16.5 Å². The number of rotatable bonds is 6. The second-order valence-corrected chi connectivity index (χ2v) is 6.69. The van der Waals surface area contributed by atoms with E-state index in [1.54, 1.807) is 13.2 Å². The van der Waals surface area contributed by atoms with E-state index in [2.05, 4.69) is 15.5 Å². The van der Waals surface area contributed by atoms with Crippen molar-refractivity contribution in [1.29, 1.82) is 0 Å². The Balaban J connectivity index is 1.55. The van der Waals surface area contributed by atoms with Gasteiger partial charge in [-0.25, -0.2) is 0 Å². The molecule has 0 aliphatic rings. The van der Waals surface area contributed by atoms with Crippen LogP contribution in [0.1, 0.15) is 5.56 Å². The molecule has 5 nitrogen and oxygen atoms in total. The predicted octanol–water partition coefficient (Wildman–Crippen LogP) is 4.19. The number of amides is 1. The lowest BCUT2D eigenvalue weighted by atomic mass is 10.1. The minimum atomic E-state index is -0.104. The highest BCUT2D eigenvalue weighted by Crippen LogP contribution is 2.21. The smallest absolute Gasteiger partial charge is 0.234 e. The van der Waals surface area contributed by atoms with Crippen LogP contribution in [0, 0.1) is 6.92 Å². The zero-order chi connectivity index (χ0) is 18.4. The van der Waals surface area contributed by atoms with Crippen LogP contribution in [0.25, 0.3) is 11.3 Å². The van der Waals surface area contributed by atoms with Gasteiger partial charge in [-0.15, -0.1) is 10.2 Å². The van der Waals surface area contributed by atoms with Gasteiger partial charge in [0.25, 0.3) is 0 Å². The van der Waals surface area contributed by atoms with Crippen molar-refractivity contribution in [1.82, 2.24) is 10.2 Å². The van der Waals surface area contributed by atoms with Crippen LogP contribution in [-0.4, -0.2) is 29.0 Å². The number of carbonyl (C=O) groups is 1. The van der Waals surface area contributed by atoms with E-state index in [9.17, 15) is 4.79 Å². The fourth-order valence-electron chi connectivity index (χ4n) is 2.31. The van der Waals surface area contributed by atoms with E-state index in [1.807, 2.05) is 61.5 Å². The topological polar surface area (TPSA) is 64.1 Å². The number of benzene rings is 2. The average Bonchev–Trinajstić information content (AvgIpc) is 2.67. The van der Waals surface area contributed by atoms with Crippen LogP contribution in [0.15, 0.2) is 65.7 Å². The molecule has 0 fully saturated rings. The van der Waals surface area contributed by atoms with Gasteiger partial charge in [0.05, 0.1) is 18.6 Å². The maximum Gasteiger partial charge on any atom is 0.234 e. The summed E-state index contributed by atoms with van der Waals surface area (Å²) in [5.74, 6) is 0.858. The third-order valence-corrected chi connectivity index (χ3v) is 4.61. The molecule has 0 unspecified atom stereocenters. The monoisotopic (exact) mass is 365 g/mol. The van der Waals surface area contributed by atoms with Crippen LogP contribution in [0.4, 0.5) is 5.69 Å². The van der Waals surface area contributed by atoms with E-state index < -0.39 is 0 Å². The molecule has 26 heavy (non-hydrogen) atoms. The molecular weight excluding hydrogens is 346 g/mol. The molecule has 1 N–H and O–H groups in total. The summed E-state index contributed by atoms with van der Waals surface area (Å²) in [6.07, 6.45) is 0. The molecule has 0 saturated heterocycles. The Morgan fingerprint density at radius 2 is 1.88 bits per heavy atom. The van der Waals surface area contributed by atoms with Crippen LogP contribution < -0.4 is 10.1 Å². The zero-order valence-electron chi connectivity index (χ0n) is 14.6. The van der Waals surface area contributed by atoms with Gasteiger partial charge < -0.3 is 10.1 Å². The average molecular weight is 365 g/mol. The van der Waals surface area contributed by atoms with Crippen molar-refractivity contribution in [2.24, 2.45) is 0 Å². The van der Waals surface area contributed by atoms with Crippen molar-refractivity contribution >= 4 is 23.4 Å². The van der Waals surface area contributed by atoms with Crippen LogP contribution >= 0.6 is 11.8 Å². The SMILES string of the molecule is COc1cccc(NC(=O)CSc2ccc(-c3ccc(C)cc3)nn2)c1. The Bertz CT molecular complexity index is 880. The van der Waals surface area contributed by atoms with E-state index in [1.165, 1.54) is 17.3 Å². The van der Waals surface area contributed by atoms with Crippen LogP contribution in [0.3, 0.4) is 0 Å². The molecule has 0 bridgehead atoms. The number of nitrogens with one attached hydrogen (secondary N) is 1. The highest BCUT2D eigenvalue weighted by Gasteiger charge is 2.07. The molecule has 0 spiro atoms. The van der Waals surface area contributed by atoms with Gasteiger partial charge in [0.15, 0.2) is 0 Å². The summed E-state index contributed by atoms with van der Waals surface area (Å²) < 4.78 is 5.15. The number of nitrogens with zero attached hydrogens (tertiary/aromatic N) is 2. The predicted molar refractivity (Wildman–Crippen MR) is 105 cm³/mol. The minimum absolute atomic E-state index is 0.104. The second-order valence-electron chi connectivity index (χ2n) is 5.69. The number of anilines is 1. The summed E-state index contributed by atoms with van der Waals surface area (Å²) in [7, 11) is 1.59. The lowest BCUT2D eigenvalue weighted by molar-refractivity contribution is -0.113. The molecule has 6 heteroatoms. The first-order valence-corrected chi connectivity index (χ1v) is 9.10. The number of aryl methyl sites for hydroxylation is 1. The summed E-state index contributed by atoms with van der Waals surface area (Å²) in [5, 5.41) is 12.0. The molecule has 0 atom stereocenters. The molecule has 2 aromatic carbocycles. The molecule has 1 heterocycles. The molecule has 1 amide bonds. The number of carbonyl (C=O) groups excluding carboxylic acids is 1. The number of hydrogen-bond acceptors (Lipinski definition) is 5. The number of thioether (sulfide) groups is 1. The minimum Gasteiger partial charge on any atom is -0.497 e. The first kappa shape index (κ1) is 17.9. The van der Waals surface area contributed by atoms with E-state index >= 15 is 0 Å². The second kappa shape index (κ2) is 8.49. The first-order valence-electron chi connectivity index (χ1n) is 8.11. The largest absolute Gasteiger partial charge is 0.497 e. The van der Waals surface area contributed by atoms with Gasteiger partial charge in [0, 0.05) is 17.3 Å². The Hall–Kier alpha value is -2.86. The third kappa shape index (κ3) is 4.83. The Morgan fingerprint density at radius 1 is 1.08 bits per heavy atom. The van der Waals surface area contributed by atoms with E-state index in [-0.39, 0.29) is 11.7 Å². The van der Waals surface area contributed by atoms with E-state index in [4.69, 9.17) is 4.74 Å². The molecule has 0 radical (unpaired) electrons. The normalized spacial score (nSPS) is 10.4. The van der Waals surface area contributed by atoms with Gasteiger partial charge in [-0.3, -0.25) is 4.79 Å². The van der Waals surface area contributed by atoms with E-state index in [0.717, 1.165) is 11.3 Å². The quantitative estimate of drug-likeness (QED) is 0.664. The van der Waals surface area contributed by atoms with Gasteiger partial charge in [-0.2, -0.15) is 0 Å². The van der Waals surface area contributed by atoms with Gasteiger partial charge in [0.1, 0.15) is 10.8 Å². The standard InChI is InChI=1S/C20H19N3O2S/c1-14-6-8-15(9-7-14)18-10-11-20(23-22-18)26-13-19(24)21-16-4-3-5-17(12-16)25-2/h3-12H,13H2,1-2H3,(H,21,24). The molecule has 0 saturated carbocycles. The lowest BCUT2D eigenvalue weighted by Gasteiger charge is -2.07. The Kier molecular flexibility index (Phi) is 5.86. The van der Waals surface area contributed by atoms with Crippen molar-refractivity contribution in [3.8, 4) is 17.0 Å². The molecule has 0 aliphatic carbocycles. The van der Waals surface area contributed by atoms with Crippen LogP contribution in [0.5, 0.6) is 5.75 Å². The summed E-state index contributed by atoms with van der Waals surface area (Å²) >= 11 is 1.35. The fraction of sp³-hybridized carbons (Fsp3) is 0.150. The van der Waals surface area contributed by atoms with Crippen LogP contribution in [-0.2, 0) is 4.79 Å². The zero-order valence-corrected chi connectivity index (χ0v) is 15.4. The maximum atomic E-state index is 12.1. The van der Waals surface area contributed by atoms with Crippen molar-refractivity contribution in [3.05, 3.63) is 66.2 Å². The van der Waals surface area contributed by atoms with Crippen LogP contribution in [0.2, 0.25) is 0 Å². The lowest BCUT2D eigenvalue weighted by Crippen LogP contribution is -2.14. The molecule has 132 valence electrons. The van der Waals surface area contributed by atoms with Gasteiger partial charge in [-0.05, 0) is 31.2 Å². The number of aromatic nitrogens is 2. The Morgan fingerprint density at radius 3 is 2.58 bits per heavy atom. The van der Waals surface area contributed by atoms with Gasteiger partial charge in [0.2, 0.25) is 5.91 Å². The number of ether oxygens (including phenoxy) is 1. The molecular formula is C20H19N3O2S. The summed E-state index contributed by atoms with van der Waals surface area (Å²) in [6.45, 7) is 2.05. The molecule has 0 aliphatic heterocycles. The maximum absolute atomic E-state index is 12.1. The van der Waals surface area contributed by atoms with Gasteiger partial charge >= 0.3 is 0 Å². The highest BCUT2D eigenvalue weighted by atomic mass is 32.2. The molecule has 3 aromatic rings. The van der Waals surface area contributed by atoms with Crippen molar-refractivity contribution in [2.45, 2.75) is 11.9 Å². The van der Waals surface area contributed by atoms with Crippen molar-refractivity contribution < 1.29 is 9.53 Å². The number of methoxy groups -OCH3 is 1. The Labute approximate surface area is 156 Å². The van der Waals surface area contributed by atoms with Crippen molar-refractivity contribution in [2.75, 3.05) is 18.2 Å². The molecule has 1 aromatic heterocycles. The van der Waals surface area contributed by atoms with Crippen molar-refractivity contribution in [3.63, 3.8) is 0 Å². The fourth-order valence-corrected chi connectivity index (χ4v) is 2.93.